The normalized spacial score (nSPS) is 13.3. The van der Waals surface area contributed by atoms with Crippen LogP contribution in [0.1, 0.15) is 239 Å². The summed E-state index contributed by atoms with van der Waals surface area (Å²) in [7, 11) is 0. The SMILES string of the molecule is CC/C=C\C/C=C\C/C=C\C/C=C\C/C=C\C/C=C\C/C=C\C/C=C\C/C=C\CCCCCCCC(=O)OCC(COC(=O)CCCCCCCCCCCCC)OC(=O)C/C=C\C/C=C\C/C=C\C/C=C\C/C=C\CC. The first kappa shape index (κ1) is 71.8. The van der Waals surface area contributed by atoms with Crippen molar-refractivity contribution in [1.82, 2.24) is 0 Å². The van der Waals surface area contributed by atoms with Gasteiger partial charge in [-0.25, -0.2) is 0 Å². The van der Waals surface area contributed by atoms with Crippen LogP contribution >= 0.6 is 0 Å². The van der Waals surface area contributed by atoms with Crippen molar-refractivity contribution in [3.8, 4) is 0 Å². The standard InChI is InChI=1S/C71H110O6/c1-4-7-10-13-16-19-22-24-26-27-28-29-30-31-32-33-34-35-36-37-38-39-40-41-42-43-45-46-49-52-55-58-61-64-70(73)76-67-68(66-75-69(72)63-60-57-54-51-48-21-18-15-12-9-6-3)77-71(74)65-62-59-56-53-50-47-44-25-23-20-17-14-11-8-5-2/h7-8,10-11,16-17,19-20,24-26,28-29,31-32,34-35,37-38,40-41,43-45,50,53,59,62,68H,4-6,9,12-15,18,21-23,27,30,33,36,39,42,46-49,51-52,54-58,60-61,63-67H2,1-3H3/b10-7-,11-8-,19-16-,20-17-,26-24-,29-28-,32-31-,35-34-,38-37-,41-40-,44-25-,45-43-,53-50-,62-59-. The maximum atomic E-state index is 12.8. The molecule has 0 spiro atoms. The highest BCUT2D eigenvalue weighted by Gasteiger charge is 2.19. The van der Waals surface area contributed by atoms with Gasteiger partial charge in [0.25, 0.3) is 0 Å². The molecular weight excluding hydrogens is 949 g/mol. The van der Waals surface area contributed by atoms with Gasteiger partial charge in [0.15, 0.2) is 6.10 Å². The van der Waals surface area contributed by atoms with E-state index >= 15 is 0 Å². The van der Waals surface area contributed by atoms with Crippen LogP contribution in [0.15, 0.2) is 170 Å². The lowest BCUT2D eigenvalue weighted by Gasteiger charge is -2.18. The minimum absolute atomic E-state index is 0.0859. The predicted molar refractivity (Wildman–Crippen MR) is 334 cm³/mol. The van der Waals surface area contributed by atoms with Crippen LogP contribution < -0.4 is 0 Å². The van der Waals surface area contributed by atoms with Gasteiger partial charge in [0.05, 0.1) is 6.42 Å². The third kappa shape index (κ3) is 61.5. The molecule has 0 radical (unpaired) electrons. The van der Waals surface area contributed by atoms with Crippen molar-refractivity contribution in [1.29, 1.82) is 0 Å². The van der Waals surface area contributed by atoms with Crippen LogP contribution in [0.5, 0.6) is 0 Å². The van der Waals surface area contributed by atoms with E-state index in [1.54, 1.807) is 6.08 Å². The molecule has 0 aromatic heterocycles. The molecule has 1 unspecified atom stereocenters. The Balaban J connectivity index is 4.37. The number of ether oxygens (including phenoxy) is 3. The summed E-state index contributed by atoms with van der Waals surface area (Å²) in [5, 5.41) is 0. The third-order valence-corrected chi connectivity index (χ3v) is 12.2. The number of allylic oxidation sites excluding steroid dienone is 27. The van der Waals surface area contributed by atoms with Gasteiger partial charge in [0.2, 0.25) is 0 Å². The van der Waals surface area contributed by atoms with Gasteiger partial charge in [-0.05, 0) is 116 Å². The lowest BCUT2D eigenvalue weighted by Crippen LogP contribution is -2.30. The Labute approximate surface area is 472 Å². The number of unbranched alkanes of at least 4 members (excludes halogenated alkanes) is 15. The summed E-state index contributed by atoms with van der Waals surface area (Å²) < 4.78 is 16.7. The summed E-state index contributed by atoms with van der Waals surface area (Å²) in [6.45, 7) is 6.29. The number of rotatable bonds is 53. The molecule has 0 aliphatic rings. The Morgan fingerprint density at radius 1 is 0.286 bits per heavy atom. The van der Waals surface area contributed by atoms with E-state index in [1.165, 1.54) is 51.4 Å². The van der Waals surface area contributed by atoms with Crippen molar-refractivity contribution in [2.45, 2.75) is 245 Å². The quantitative estimate of drug-likeness (QED) is 0.0261. The van der Waals surface area contributed by atoms with Crippen molar-refractivity contribution < 1.29 is 28.6 Å². The van der Waals surface area contributed by atoms with E-state index in [-0.39, 0.29) is 31.6 Å². The molecule has 0 bridgehead atoms. The van der Waals surface area contributed by atoms with E-state index in [2.05, 4.69) is 179 Å². The fourth-order valence-electron chi connectivity index (χ4n) is 7.74. The molecule has 77 heavy (non-hydrogen) atoms. The summed E-state index contributed by atoms with van der Waals surface area (Å²) >= 11 is 0. The molecule has 0 fully saturated rings. The molecule has 0 aromatic rings. The van der Waals surface area contributed by atoms with Gasteiger partial charge in [-0.2, -0.15) is 0 Å². The van der Waals surface area contributed by atoms with Crippen LogP contribution in [-0.2, 0) is 28.6 Å². The highest BCUT2D eigenvalue weighted by molar-refractivity contribution is 5.72. The number of hydrogen-bond donors (Lipinski definition) is 0. The molecule has 0 heterocycles. The van der Waals surface area contributed by atoms with Crippen LogP contribution in [0.2, 0.25) is 0 Å². The highest BCUT2D eigenvalue weighted by Crippen LogP contribution is 2.14. The van der Waals surface area contributed by atoms with Crippen molar-refractivity contribution in [2.75, 3.05) is 13.2 Å². The zero-order chi connectivity index (χ0) is 55.7. The summed E-state index contributed by atoms with van der Waals surface area (Å²) in [6.07, 6.45) is 93.9. The summed E-state index contributed by atoms with van der Waals surface area (Å²) in [5.41, 5.74) is 0. The van der Waals surface area contributed by atoms with Crippen molar-refractivity contribution >= 4 is 17.9 Å². The second kappa shape index (κ2) is 63.3. The molecule has 0 saturated heterocycles. The second-order valence-electron chi connectivity index (χ2n) is 19.5. The molecule has 0 aromatic carbocycles. The zero-order valence-corrected chi connectivity index (χ0v) is 49.1. The van der Waals surface area contributed by atoms with Crippen LogP contribution in [-0.4, -0.2) is 37.2 Å². The maximum absolute atomic E-state index is 12.8. The van der Waals surface area contributed by atoms with Gasteiger partial charge < -0.3 is 14.2 Å². The van der Waals surface area contributed by atoms with Gasteiger partial charge in [-0.15, -0.1) is 0 Å². The van der Waals surface area contributed by atoms with Crippen LogP contribution in [0.3, 0.4) is 0 Å². The number of hydrogen-bond acceptors (Lipinski definition) is 6. The minimum atomic E-state index is -0.847. The Bertz CT molecular complexity index is 1790. The van der Waals surface area contributed by atoms with Gasteiger partial charge in [-0.3, -0.25) is 14.4 Å². The fraction of sp³-hybridized carbons (Fsp3) is 0.563. The van der Waals surface area contributed by atoms with Gasteiger partial charge >= 0.3 is 17.9 Å². The monoisotopic (exact) mass is 1060 g/mol. The molecule has 6 heteroatoms. The van der Waals surface area contributed by atoms with Crippen molar-refractivity contribution in [3.05, 3.63) is 170 Å². The Morgan fingerprint density at radius 2 is 0.545 bits per heavy atom. The molecule has 0 N–H and O–H groups in total. The Morgan fingerprint density at radius 3 is 0.857 bits per heavy atom. The first-order valence-corrected chi connectivity index (χ1v) is 30.6. The molecule has 0 saturated carbocycles. The molecule has 0 amide bonds. The summed E-state index contributed by atoms with van der Waals surface area (Å²) in [5.74, 6) is -1.09. The Kier molecular flexibility index (Phi) is 59.0. The van der Waals surface area contributed by atoms with Crippen LogP contribution in [0.25, 0.3) is 0 Å². The molecule has 430 valence electrons. The van der Waals surface area contributed by atoms with E-state index < -0.39 is 12.1 Å². The second-order valence-corrected chi connectivity index (χ2v) is 19.5. The first-order chi connectivity index (χ1) is 38.0. The van der Waals surface area contributed by atoms with E-state index in [0.29, 0.717) is 19.3 Å². The van der Waals surface area contributed by atoms with E-state index in [1.807, 2.05) is 6.08 Å². The fourth-order valence-corrected chi connectivity index (χ4v) is 7.74. The smallest absolute Gasteiger partial charge is 0.310 e. The van der Waals surface area contributed by atoms with Gasteiger partial charge in [0.1, 0.15) is 13.2 Å². The maximum Gasteiger partial charge on any atom is 0.310 e. The van der Waals surface area contributed by atoms with E-state index in [9.17, 15) is 14.4 Å². The average molecular weight is 1060 g/mol. The van der Waals surface area contributed by atoms with E-state index in [0.717, 1.165) is 141 Å². The van der Waals surface area contributed by atoms with Gasteiger partial charge in [0, 0.05) is 12.8 Å². The average Bonchev–Trinajstić information content (AvgIpc) is 3.43. The summed E-state index contributed by atoms with van der Waals surface area (Å²) in [6, 6.07) is 0. The van der Waals surface area contributed by atoms with Crippen LogP contribution in [0, 0.1) is 0 Å². The predicted octanol–water partition coefficient (Wildman–Crippen LogP) is 21.1. The highest BCUT2D eigenvalue weighted by atomic mass is 16.6. The van der Waals surface area contributed by atoms with Crippen molar-refractivity contribution in [3.63, 3.8) is 0 Å². The summed E-state index contributed by atoms with van der Waals surface area (Å²) in [4.78, 5) is 38.1. The molecule has 6 nitrogen and oxygen atoms in total. The topological polar surface area (TPSA) is 78.9 Å². The number of carbonyl (C=O) groups is 3. The molecule has 0 aliphatic heterocycles. The first-order valence-electron chi connectivity index (χ1n) is 30.6. The molecule has 0 aliphatic carbocycles. The third-order valence-electron chi connectivity index (χ3n) is 12.2. The van der Waals surface area contributed by atoms with Crippen LogP contribution in [0.4, 0.5) is 0 Å². The Hall–Kier alpha value is -5.23. The van der Waals surface area contributed by atoms with E-state index in [4.69, 9.17) is 14.2 Å². The largest absolute Gasteiger partial charge is 0.462 e. The lowest BCUT2D eigenvalue weighted by molar-refractivity contribution is -0.166. The lowest BCUT2D eigenvalue weighted by atomic mass is 10.1. The molecular formula is C71H110O6. The minimum Gasteiger partial charge on any atom is -0.462 e. The van der Waals surface area contributed by atoms with Gasteiger partial charge in [-0.1, -0.05) is 274 Å². The molecule has 0 rings (SSSR count). The van der Waals surface area contributed by atoms with Crippen molar-refractivity contribution in [2.24, 2.45) is 0 Å². The molecule has 1 atom stereocenters. The number of carbonyl (C=O) groups excluding carboxylic acids is 3. The number of esters is 3. The zero-order valence-electron chi connectivity index (χ0n) is 49.1.